The van der Waals surface area contributed by atoms with Crippen LogP contribution >= 0.6 is 0 Å². The van der Waals surface area contributed by atoms with Crippen LogP contribution in [0.1, 0.15) is 164 Å². The van der Waals surface area contributed by atoms with Gasteiger partial charge in [0.1, 0.15) is 59.0 Å². The second-order valence-corrected chi connectivity index (χ2v) is 26.2. The molecule has 0 aromatic carbocycles. The smallest absolute Gasteiger partial charge is 0.408 e. The molecular weight excluding hydrogens is 1170 g/mol. The molecule has 0 spiro atoms. The van der Waals surface area contributed by atoms with E-state index in [9.17, 15) is 52.7 Å². The Kier molecular flexibility index (Phi) is 27.3. The van der Waals surface area contributed by atoms with Gasteiger partial charge in [-0.15, -0.1) is 0 Å². The van der Waals surface area contributed by atoms with Gasteiger partial charge in [-0.2, -0.15) is 0 Å². The summed E-state index contributed by atoms with van der Waals surface area (Å²) in [7, 11) is 0. The highest BCUT2D eigenvalue weighted by molar-refractivity contribution is 5.84. The maximum atomic E-state index is 14.8. The van der Waals surface area contributed by atoms with Crippen molar-refractivity contribution in [2.45, 2.75) is 278 Å². The van der Waals surface area contributed by atoms with Crippen molar-refractivity contribution in [1.82, 2.24) is 31.9 Å². The molecule has 0 bridgehead atoms. The van der Waals surface area contributed by atoms with E-state index in [1.165, 1.54) is 0 Å². The Labute approximate surface area is 513 Å². The molecule has 31 nitrogen and oxygen atoms in total. The van der Waals surface area contributed by atoms with E-state index in [0.29, 0.717) is 0 Å². The van der Waals surface area contributed by atoms with E-state index in [1.807, 2.05) is 0 Å². The van der Waals surface area contributed by atoms with Gasteiger partial charge in [-0.3, -0.25) is 28.8 Å². The highest BCUT2D eigenvalue weighted by atomic mass is 16.7. The van der Waals surface area contributed by atoms with Crippen LogP contribution in [0, 0.1) is 0 Å². The molecule has 0 aromatic heterocycles. The van der Waals surface area contributed by atoms with E-state index in [1.54, 1.807) is 104 Å². The lowest BCUT2D eigenvalue weighted by molar-refractivity contribution is -0.319. The van der Waals surface area contributed by atoms with Crippen LogP contribution in [0.4, 0.5) is 24.0 Å². The summed E-state index contributed by atoms with van der Waals surface area (Å²) in [5.74, 6) is -5.84. The zero-order valence-corrected chi connectivity index (χ0v) is 54.2. The van der Waals surface area contributed by atoms with Crippen molar-refractivity contribution in [1.29, 1.82) is 0 Å². The average Bonchev–Trinajstić information content (AvgIpc) is 1.62. The maximum absolute atomic E-state index is 14.8. The van der Waals surface area contributed by atoms with E-state index < -0.39 is 193 Å². The molecule has 502 valence electrons. The third kappa shape index (κ3) is 28.0. The number of carbonyl (C=O) groups is 11. The first-order valence-electron chi connectivity index (χ1n) is 28.9. The van der Waals surface area contributed by atoms with Gasteiger partial charge in [-0.05, 0) is 123 Å². The number of ether oxygens (including phenoxy) is 14. The fourth-order valence-corrected chi connectivity index (χ4v) is 9.12. The predicted octanol–water partition coefficient (Wildman–Crippen LogP) is 4.28. The molecule has 2 heterocycles. The van der Waals surface area contributed by atoms with Crippen molar-refractivity contribution < 1.29 is 119 Å². The van der Waals surface area contributed by atoms with E-state index in [0.717, 1.165) is 34.6 Å². The van der Waals surface area contributed by atoms with E-state index in [4.69, 9.17) is 66.3 Å². The van der Waals surface area contributed by atoms with Crippen LogP contribution in [0.25, 0.3) is 0 Å². The number of amides is 6. The van der Waals surface area contributed by atoms with Gasteiger partial charge in [0.25, 0.3) is 5.91 Å². The average molecular weight is 1260 g/mol. The Morgan fingerprint density at radius 1 is 0.443 bits per heavy atom. The first-order chi connectivity index (χ1) is 40.3. The van der Waals surface area contributed by atoms with Gasteiger partial charge in [0.05, 0.1) is 24.2 Å². The first kappa shape index (κ1) is 75.3. The predicted molar refractivity (Wildman–Crippen MR) is 304 cm³/mol. The Balaban J connectivity index is 2.47. The van der Waals surface area contributed by atoms with E-state index in [2.05, 4.69) is 31.9 Å². The Hall–Kier alpha value is -6.99. The highest BCUT2D eigenvalue weighted by Crippen LogP contribution is 2.37. The fraction of sp³-hybridized carbons (Fsp3) is 0.807. The molecule has 88 heavy (non-hydrogen) atoms. The van der Waals surface area contributed by atoms with Crippen LogP contribution in [0.2, 0.25) is 0 Å². The number of rotatable bonds is 20. The molecule has 0 radical (unpaired) electrons. The van der Waals surface area contributed by atoms with Gasteiger partial charge in [0.2, 0.25) is 0 Å². The summed E-state index contributed by atoms with van der Waals surface area (Å²) in [5.41, 5.74) is -5.09. The minimum Gasteiger partial charge on any atom is -0.463 e. The quantitative estimate of drug-likeness (QED) is 0.0731. The molecule has 31 heteroatoms. The van der Waals surface area contributed by atoms with Crippen molar-refractivity contribution in [3.05, 3.63) is 0 Å². The van der Waals surface area contributed by atoms with Gasteiger partial charge in [-0.1, -0.05) is 0 Å². The van der Waals surface area contributed by atoms with Gasteiger partial charge in [0, 0.05) is 54.1 Å². The van der Waals surface area contributed by atoms with Crippen molar-refractivity contribution in [3.63, 3.8) is 0 Å². The molecular formula is C57H94N6O25. The maximum Gasteiger partial charge on any atom is 0.408 e. The van der Waals surface area contributed by atoms with Crippen LogP contribution in [0.3, 0.4) is 0 Å². The lowest BCUT2D eigenvalue weighted by atomic mass is 9.82. The Morgan fingerprint density at radius 2 is 0.875 bits per heavy atom. The summed E-state index contributed by atoms with van der Waals surface area (Å²) in [4.78, 5) is 147. The van der Waals surface area contributed by atoms with E-state index in [-0.39, 0.29) is 32.4 Å². The number of hydrogen-bond donors (Lipinski definition) is 6. The Bertz CT molecular complexity index is 2440. The monoisotopic (exact) mass is 1260 g/mol. The molecule has 6 unspecified atom stereocenters. The van der Waals surface area contributed by atoms with Crippen LogP contribution < -0.4 is 31.9 Å². The summed E-state index contributed by atoms with van der Waals surface area (Å²) in [6, 6.07) is -5.89. The van der Waals surface area contributed by atoms with Gasteiger partial charge < -0.3 is 98.2 Å². The minimum absolute atomic E-state index is 0.0812. The molecule has 6 N–H and O–H groups in total. The van der Waals surface area contributed by atoms with Crippen molar-refractivity contribution >= 4 is 66.2 Å². The number of esters is 5. The summed E-state index contributed by atoms with van der Waals surface area (Å²) in [5, 5.41) is 16.0. The van der Waals surface area contributed by atoms with Crippen LogP contribution in [-0.2, 0) is 95.1 Å². The lowest BCUT2D eigenvalue weighted by Gasteiger charge is -2.50. The number of hydrogen-bond acceptors (Lipinski definition) is 25. The number of alkyl carbamates (subject to hydrolysis) is 5. The highest BCUT2D eigenvalue weighted by Gasteiger charge is 2.57. The van der Waals surface area contributed by atoms with Gasteiger partial charge >= 0.3 is 60.3 Å². The molecule has 2 aliphatic heterocycles. The van der Waals surface area contributed by atoms with Gasteiger partial charge in [-0.25, -0.2) is 24.0 Å². The zero-order valence-electron chi connectivity index (χ0n) is 54.2. The summed E-state index contributed by atoms with van der Waals surface area (Å²) >= 11 is 0. The van der Waals surface area contributed by atoms with Crippen molar-refractivity contribution in [2.24, 2.45) is 0 Å². The summed E-state index contributed by atoms with van der Waals surface area (Å²) in [6.07, 6.45) is -22.3. The van der Waals surface area contributed by atoms with Crippen molar-refractivity contribution in [3.8, 4) is 0 Å². The molecule has 14 atom stereocenters. The number of nitrogens with one attached hydrogen (secondary N) is 6. The normalized spacial score (nSPS) is 26.1. The number of carbonyl (C=O) groups excluding carboxylic acids is 11. The van der Waals surface area contributed by atoms with Crippen LogP contribution in [-0.4, -0.2) is 200 Å². The SMILES string of the molecule is CC(=O)OCC1O[C@@H](O[C@H]2C(OC(C)=O)C(O[C@@H]3OC(CNC(=O)OC(C)(C)C)CCC3NC(=O)OC(C)(C)C)[C@@H](NC(=O)OC(C)(C)C)C[C@H]2NC(=O)[C@H](CCNC(=O)OC(C)(C)C)OC(C)=O)C(OC(C)=O)[C@@H](NC(=O)OC(C)(C)C)[C@H]1OC(C)=O. The molecule has 2 saturated heterocycles. The van der Waals surface area contributed by atoms with Crippen LogP contribution in [0.5, 0.6) is 0 Å². The van der Waals surface area contributed by atoms with Gasteiger partial charge in [0.15, 0.2) is 37.0 Å². The lowest BCUT2D eigenvalue weighted by Crippen LogP contribution is -2.71. The second kappa shape index (κ2) is 32.0. The summed E-state index contributed by atoms with van der Waals surface area (Å²) < 4.78 is 82.8. The molecule has 6 amide bonds. The minimum atomic E-state index is -2.05. The molecule has 3 rings (SSSR count). The molecule has 1 aliphatic carbocycles. The topological polar surface area (TPSA) is 389 Å². The second-order valence-electron chi connectivity index (χ2n) is 26.2. The third-order valence-corrected chi connectivity index (χ3v) is 12.0. The molecule has 3 aliphatic rings. The standard InChI is InChI=1S/C57H94N6O25/c1-28(64)75-27-38-42(77-30(3)66)39(63-52(74)88-57(18,19)20)43(78-31(4)67)47(81-38)83-40-35(60-45(69)37(76-29(2)65)23-24-58-48(70)84-53(6,7)8)25-36(62-51(73)87-56(15,16)17)41(44(40)79-32(5)68)82-46-34(61-50(72)86-55(12,13)14)22-21-33(80-46)26-59-49(71)85-54(9,10)11/h33-44,46-47H,21-27H2,1-20H3,(H,58,70)(H,59,71)(H,60,69)(H,61,72)(H,62,73)(H,63,74)/t33?,34?,35-,36+,37+,38?,39+,40-,41?,42+,43?,44?,46+,47+/m1/s1. The Morgan fingerprint density at radius 3 is 1.35 bits per heavy atom. The third-order valence-electron chi connectivity index (χ3n) is 12.0. The molecule has 0 aromatic rings. The molecule has 3 fully saturated rings. The summed E-state index contributed by atoms with van der Waals surface area (Å²) in [6.45, 7) is 28.1. The van der Waals surface area contributed by atoms with Crippen LogP contribution in [0.15, 0.2) is 0 Å². The first-order valence-corrected chi connectivity index (χ1v) is 28.9. The van der Waals surface area contributed by atoms with Crippen molar-refractivity contribution in [2.75, 3.05) is 19.7 Å². The fourth-order valence-electron chi connectivity index (χ4n) is 9.12. The zero-order chi connectivity index (χ0) is 67.0. The largest absolute Gasteiger partial charge is 0.463 e. The van der Waals surface area contributed by atoms with E-state index >= 15 is 0 Å². The molecule has 1 saturated carbocycles.